The fourth-order valence-electron chi connectivity index (χ4n) is 1.86. The molecule has 0 fully saturated rings. The van der Waals surface area contributed by atoms with Crippen molar-refractivity contribution in [1.29, 1.82) is 0 Å². The summed E-state index contributed by atoms with van der Waals surface area (Å²) in [6.07, 6.45) is -0.779. The smallest absolute Gasteiger partial charge is 0.296 e. The minimum Gasteiger partial charge on any atom is -0.390 e. The molecule has 2 heterocycles. The molecule has 2 aromatic rings. The summed E-state index contributed by atoms with van der Waals surface area (Å²) in [5.41, 5.74) is 5.19. The molecule has 0 saturated heterocycles. The summed E-state index contributed by atoms with van der Waals surface area (Å²) in [5, 5.41) is 30.5. The molecule has 20 heavy (non-hydrogen) atoms. The number of aliphatic hydroxyl groups is 2. The van der Waals surface area contributed by atoms with E-state index in [0.717, 1.165) is 0 Å². The number of fused-ring (bicyclic) bond motifs is 1. The Morgan fingerprint density at radius 2 is 2.25 bits per heavy atom. The lowest BCUT2D eigenvalue weighted by atomic mass is 10.0. The number of nitrogens with two attached hydrogens (primary N) is 1. The molecule has 0 saturated carbocycles. The van der Waals surface area contributed by atoms with Crippen LogP contribution in [-0.4, -0.2) is 37.1 Å². The van der Waals surface area contributed by atoms with Crippen molar-refractivity contribution in [2.75, 3.05) is 0 Å². The number of nitrogens with one attached hydrogen (secondary N) is 1. The summed E-state index contributed by atoms with van der Waals surface area (Å²) in [4.78, 5) is 27.5. The third-order valence-corrected chi connectivity index (χ3v) is 2.84. The molecule has 2 atom stereocenters. The van der Waals surface area contributed by atoms with Crippen molar-refractivity contribution >= 4 is 22.6 Å². The van der Waals surface area contributed by atoms with E-state index in [2.05, 4.69) is 9.97 Å². The van der Waals surface area contributed by atoms with E-state index in [-0.39, 0.29) is 22.3 Å². The van der Waals surface area contributed by atoms with Gasteiger partial charge in [0.15, 0.2) is 0 Å². The standard InChI is InChI=1S/C11H12N4O5/c12-9(17)2-8(16)10(18)5-1-6-7(15(19)20)4-14-11(6)13-3-5/h1,3-4,8,10,16,18H,2H2,(H2,12,17)(H,13,14). The Bertz CT molecular complexity index is 668. The number of aliphatic hydroxyl groups excluding tert-OH is 2. The number of primary amides is 1. The lowest BCUT2D eigenvalue weighted by Gasteiger charge is -2.16. The molecule has 0 aliphatic heterocycles. The van der Waals surface area contributed by atoms with Crippen molar-refractivity contribution in [2.24, 2.45) is 5.73 Å². The monoisotopic (exact) mass is 280 g/mol. The molecule has 0 bridgehead atoms. The topological polar surface area (TPSA) is 155 Å². The SMILES string of the molecule is NC(=O)CC(O)C(O)c1cnc2[nH]cc([N+](=O)[O-])c2c1. The van der Waals surface area contributed by atoms with Crippen molar-refractivity contribution in [2.45, 2.75) is 18.6 Å². The molecule has 0 aromatic carbocycles. The molecule has 1 amide bonds. The number of hydrogen-bond acceptors (Lipinski definition) is 6. The zero-order chi connectivity index (χ0) is 14.9. The van der Waals surface area contributed by atoms with Crippen LogP contribution in [0.5, 0.6) is 0 Å². The van der Waals surface area contributed by atoms with Gasteiger partial charge in [-0.05, 0) is 6.07 Å². The molecule has 2 aromatic heterocycles. The second kappa shape index (κ2) is 5.23. The van der Waals surface area contributed by atoms with E-state index in [4.69, 9.17) is 5.73 Å². The van der Waals surface area contributed by atoms with Gasteiger partial charge in [0.1, 0.15) is 11.8 Å². The summed E-state index contributed by atoms with van der Waals surface area (Å²) in [6, 6.07) is 1.34. The summed E-state index contributed by atoms with van der Waals surface area (Å²) in [7, 11) is 0. The van der Waals surface area contributed by atoms with Crippen molar-refractivity contribution in [1.82, 2.24) is 9.97 Å². The van der Waals surface area contributed by atoms with E-state index in [1.807, 2.05) is 0 Å². The molecule has 0 radical (unpaired) electrons. The molecule has 2 unspecified atom stereocenters. The Balaban J connectivity index is 2.37. The molecular weight excluding hydrogens is 268 g/mol. The molecule has 5 N–H and O–H groups in total. The number of nitro groups is 1. The summed E-state index contributed by atoms with van der Waals surface area (Å²) >= 11 is 0. The average Bonchev–Trinajstić information content (AvgIpc) is 2.79. The van der Waals surface area contributed by atoms with Crippen molar-refractivity contribution in [3.63, 3.8) is 0 Å². The van der Waals surface area contributed by atoms with E-state index in [1.54, 1.807) is 0 Å². The van der Waals surface area contributed by atoms with Crippen LogP contribution in [0.15, 0.2) is 18.5 Å². The van der Waals surface area contributed by atoms with Crippen molar-refractivity contribution in [3.8, 4) is 0 Å². The molecule has 0 aliphatic rings. The second-order valence-electron chi connectivity index (χ2n) is 4.28. The molecule has 9 nitrogen and oxygen atoms in total. The number of carbonyl (C=O) groups is 1. The van der Waals surface area contributed by atoms with Crippen LogP contribution in [0.3, 0.4) is 0 Å². The molecule has 2 rings (SSSR count). The average molecular weight is 280 g/mol. The number of aromatic amines is 1. The summed E-state index contributed by atoms with van der Waals surface area (Å²) in [6.45, 7) is 0. The first-order valence-corrected chi connectivity index (χ1v) is 5.66. The van der Waals surface area contributed by atoms with Crippen molar-refractivity contribution < 1.29 is 19.9 Å². The zero-order valence-electron chi connectivity index (χ0n) is 10.2. The first kappa shape index (κ1) is 13.9. The number of aromatic nitrogens is 2. The van der Waals surface area contributed by atoms with E-state index < -0.39 is 29.5 Å². The Morgan fingerprint density at radius 3 is 2.85 bits per heavy atom. The van der Waals surface area contributed by atoms with Gasteiger partial charge in [-0.1, -0.05) is 0 Å². The van der Waals surface area contributed by atoms with Gasteiger partial charge >= 0.3 is 0 Å². The highest BCUT2D eigenvalue weighted by molar-refractivity contribution is 5.86. The first-order chi connectivity index (χ1) is 9.40. The predicted molar refractivity (Wildman–Crippen MR) is 67.5 cm³/mol. The lowest BCUT2D eigenvalue weighted by Crippen LogP contribution is -2.25. The molecule has 0 spiro atoms. The van der Waals surface area contributed by atoms with Gasteiger partial charge in [-0.15, -0.1) is 0 Å². The zero-order valence-corrected chi connectivity index (χ0v) is 10.2. The van der Waals surface area contributed by atoms with Gasteiger partial charge in [-0.2, -0.15) is 0 Å². The quantitative estimate of drug-likeness (QED) is 0.436. The number of H-pyrrole nitrogens is 1. The maximum absolute atomic E-state index is 10.8. The van der Waals surface area contributed by atoms with Crippen LogP contribution >= 0.6 is 0 Å². The van der Waals surface area contributed by atoms with E-state index in [9.17, 15) is 25.1 Å². The minimum atomic E-state index is -1.41. The predicted octanol–water partition coefficient (Wildman–Crippen LogP) is -0.259. The van der Waals surface area contributed by atoms with Gasteiger partial charge in [0.2, 0.25) is 5.91 Å². The third-order valence-electron chi connectivity index (χ3n) is 2.84. The van der Waals surface area contributed by atoms with Crippen LogP contribution in [0.25, 0.3) is 11.0 Å². The summed E-state index contributed by atoms with van der Waals surface area (Å²) < 4.78 is 0. The highest BCUT2D eigenvalue weighted by Gasteiger charge is 2.23. The van der Waals surface area contributed by atoms with Gasteiger partial charge in [0.25, 0.3) is 5.69 Å². The Kier molecular flexibility index (Phi) is 3.63. The summed E-state index contributed by atoms with van der Waals surface area (Å²) in [5.74, 6) is -0.766. The molecular formula is C11H12N4O5. The maximum atomic E-state index is 10.8. The van der Waals surface area contributed by atoms with E-state index in [1.165, 1.54) is 18.5 Å². The highest BCUT2D eigenvalue weighted by Crippen LogP contribution is 2.27. The van der Waals surface area contributed by atoms with Gasteiger partial charge in [-0.25, -0.2) is 4.98 Å². The third kappa shape index (κ3) is 2.58. The molecule has 9 heteroatoms. The van der Waals surface area contributed by atoms with Crippen LogP contribution in [0, 0.1) is 10.1 Å². The van der Waals surface area contributed by atoms with Crippen LogP contribution in [0.2, 0.25) is 0 Å². The van der Waals surface area contributed by atoms with Gasteiger partial charge in [0, 0.05) is 11.8 Å². The van der Waals surface area contributed by atoms with E-state index in [0.29, 0.717) is 0 Å². The lowest BCUT2D eigenvalue weighted by molar-refractivity contribution is -0.383. The Morgan fingerprint density at radius 1 is 1.55 bits per heavy atom. The Labute approximate surface area is 112 Å². The van der Waals surface area contributed by atoms with Gasteiger partial charge in [-0.3, -0.25) is 14.9 Å². The maximum Gasteiger partial charge on any atom is 0.296 e. The van der Waals surface area contributed by atoms with Crippen LogP contribution < -0.4 is 5.73 Å². The first-order valence-electron chi connectivity index (χ1n) is 5.66. The number of nitrogens with zero attached hydrogens (tertiary/aromatic N) is 2. The largest absolute Gasteiger partial charge is 0.390 e. The fourth-order valence-corrected chi connectivity index (χ4v) is 1.86. The second-order valence-corrected chi connectivity index (χ2v) is 4.28. The number of rotatable bonds is 5. The van der Waals surface area contributed by atoms with Gasteiger partial charge in [0.05, 0.1) is 29.0 Å². The normalized spacial score (nSPS) is 14.1. The fraction of sp³-hybridized carbons (Fsp3) is 0.273. The number of pyridine rings is 1. The van der Waals surface area contributed by atoms with Crippen molar-refractivity contribution in [3.05, 3.63) is 34.1 Å². The molecule has 0 aliphatic carbocycles. The minimum absolute atomic E-state index is 0.161. The number of amides is 1. The number of hydrogen-bond donors (Lipinski definition) is 4. The van der Waals surface area contributed by atoms with E-state index >= 15 is 0 Å². The van der Waals surface area contributed by atoms with Crippen LogP contribution in [0.1, 0.15) is 18.1 Å². The van der Waals surface area contributed by atoms with Gasteiger partial charge < -0.3 is 20.9 Å². The van der Waals surface area contributed by atoms with Crippen LogP contribution in [-0.2, 0) is 4.79 Å². The number of carbonyl (C=O) groups excluding carboxylic acids is 1. The molecule has 106 valence electrons. The highest BCUT2D eigenvalue weighted by atomic mass is 16.6. The van der Waals surface area contributed by atoms with Crippen LogP contribution in [0.4, 0.5) is 5.69 Å². The Hall–Kier alpha value is -2.52.